The van der Waals surface area contributed by atoms with E-state index < -0.39 is 17.5 Å². The molecular weight excluding hydrogens is 222 g/mol. The van der Waals surface area contributed by atoms with Crippen LogP contribution in [0.4, 0.5) is 4.79 Å². The third-order valence-electron chi connectivity index (χ3n) is 3.08. The van der Waals surface area contributed by atoms with Gasteiger partial charge in [-0.05, 0) is 27.1 Å². The molecule has 0 bridgehead atoms. The van der Waals surface area contributed by atoms with Crippen molar-refractivity contribution < 1.29 is 9.59 Å². The third-order valence-corrected chi connectivity index (χ3v) is 3.08. The van der Waals surface area contributed by atoms with Gasteiger partial charge in [0.25, 0.3) is 0 Å². The van der Waals surface area contributed by atoms with Gasteiger partial charge in [0, 0.05) is 19.6 Å². The molecule has 1 heterocycles. The fraction of sp³-hybridized carbons (Fsp3) is 0.800. The lowest BCUT2D eigenvalue weighted by molar-refractivity contribution is -0.126. The molecule has 1 aliphatic rings. The van der Waals surface area contributed by atoms with E-state index in [-0.39, 0.29) is 6.54 Å². The van der Waals surface area contributed by atoms with Gasteiger partial charge in [-0.3, -0.25) is 4.79 Å². The highest BCUT2D eigenvalue weighted by molar-refractivity contribution is 5.86. The zero-order chi connectivity index (χ0) is 13.1. The number of piperazine rings is 1. The Bertz CT molecular complexity index is 307. The second-order valence-corrected chi connectivity index (χ2v) is 4.69. The summed E-state index contributed by atoms with van der Waals surface area (Å²) in [6.07, 6.45) is 0.555. The van der Waals surface area contributed by atoms with Crippen molar-refractivity contribution in [3.05, 3.63) is 0 Å². The van der Waals surface area contributed by atoms with Crippen LogP contribution in [0.5, 0.6) is 0 Å². The number of carbonyl (C=O) groups excluding carboxylic acids is 2. The van der Waals surface area contributed by atoms with E-state index in [1.165, 1.54) is 4.90 Å². The number of amides is 3. The fourth-order valence-electron chi connectivity index (χ4n) is 1.95. The largest absolute Gasteiger partial charge is 0.368 e. The predicted octanol–water partition coefficient (Wildman–Crippen LogP) is -1.85. The van der Waals surface area contributed by atoms with Gasteiger partial charge in [-0.15, -0.1) is 0 Å². The van der Waals surface area contributed by atoms with Crippen LogP contribution in [0.2, 0.25) is 0 Å². The minimum absolute atomic E-state index is 0.242. The average molecular weight is 243 g/mol. The summed E-state index contributed by atoms with van der Waals surface area (Å²) in [4.78, 5) is 26.2. The van der Waals surface area contributed by atoms with Gasteiger partial charge in [-0.1, -0.05) is 0 Å². The number of nitrogens with two attached hydrogens (primary N) is 2. The number of hydrogen-bond donors (Lipinski definition) is 3. The molecule has 5 N–H and O–H groups in total. The van der Waals surface area contributed by atoms with Crippen LogP contribution in [0.3, 0.4) is 0 Å². The fourth-order valence-corrected chi connectivity index (χ4v) is 1.95. The molecule has 0 aromatic rings. The van der Waals surface area contributed by atoms with Crippen LogP contribution in [0.1, 0.15) is 6.42 Å². The minimum Gasteiger partial charge on any atom is -0.368 e. The molecule has 0 aromatic carbocycles. The molecular formula is C10H21N5O2. The molecule has 3 amide bonds. The summed E-state index contributed by atoms with van der Waals surface area (Å²) in [7, 11) is 3.84. The molecule has 1 aliphatic heterocycles. The predicted molar refractivity (Wildman–Crippen MR) is 64.3 cm³/mol. The lowest BCUT2D eigenvalue weighted by Crippen LogP contribution is -2.68. The van der Waals surface area contributed by atoms with Gasteiger partial charge in [0.15, 0.2) is 0 Å². The van der Waals surface area contributed by atoms with Crippen molar-refractivity contribution in [3.63, 3.8) is 0 Å². The molecule has 17 heavy (non-hydrogen) atoms. The van der Waals surface area contributed by atoms with Gasteiger partial charge in [0.2, 0.25) is 5.91 Å². The Morgan fingerprint density at radius 3 is 2.53 bits per heavy atom. The van der Waals surface area contributed by atoms with Crippen molar-refractivity contribution >= 4 is 11.9 Å². The smallest absolute Gasteiger partial charge is 0.314 e. The third kappa shape index (κ3) is 3.31. The van der Waals surface area contributed by atoms with Crippen molar-refractivity contribution in [2.75, 3.05) is 40.3 Å². The Kier molecular flexibility index (Phi) is 4.30. The normalized spacial score (nSPS) is 25.0. The second kappa shape index (κ2) is 5.33. The van der Waals surface area contributed by atoms with Gasteiger partial charge in [0.05, 0.1) is 0 Å². The lowest BCUT2D eigenvalue weighted by atomic mass is 9.91. The highest BCUT2D eigenvalue weighted by Gasteiger charge is 2.41. The minimum atomic E-state index is -0.864. The van der Waals surface area contributed by atoms with Crippen LogP contribution in [0.15, 0.2) is 0 Å². The zero-order valence-corrected chi connectivity index (χ0v) is 10.4. The van der Waals surface area contributed by atoms with Gasteiger partial charge in [0.1, 0.15) is 5.54 Å². The number of carbonyl (C=O) groups is 2. The molecule has 7 heteroatoms. The van der Waals surface area contributed by atoms with Gasteiger partial charge < -0.3 is 26.6 Å². The van der Waals surface area contributed by atoms with E-state index in [4.69, 9.17) is 11.5 Å². The molecule has 1 fully saturated rings. The quantitative estimate of drug-likeness (QED) is 0.539. The summed E-state index contributed by atoms with van der Waals surface area (Å²) in [6.45, 7) is 1.99. The average Bonchev–Trinajstić information content (AvgIpc) is 2.26. The van der Waals surface area contributed by atoms with Crippen LogP contribution >= 0.6 is 0 Å². The second-order valence-electron chi connectivity index (χ2n) is 4.69. The summed E-state index contributed by atoms with van der Waals surface area (Å²) in [5.41, 5.74) is 9.83. The monoisotopic (exact) mass is 243 g/mol. The standard InChI is InChI=1S/C10H21N5O2/c1-14(2)5-3-10(8(11)16)7-15(9(12)17)6-4-13-10/h13H,3-7H2,1-2H3,(H2,11,16)(H2,12,17). The van der Waals surface area contributed by atoms with Crippen molar-refractivity contribution in [1.82, 2.24) is 15.1 Å². The molecule has 1 rings (SSSR count). The summed E-state index contributed by atoms with van der Waals surface area (Å²) >= 11 is 0. The Morgan fingerprint density at radius 1 is 1.41 bits per heavy atom. The van der Waals surface area contributed by atoms with E-state index in [1.807, 2.05) is 19.0 Å². The maximum absolute atomic E-state index is 11.6. The first kappa shape index (κ1) is 13.7. The van der Waals surface area contributed by atoms with E-state index in [0.29, 0.717) is 26.1 Å². The van der Waals surface area contributed by atoms with Crippen LogP contribution in [0.25, 0.3) is 0 Å². The Hall–Kier alpha value is -1.34. The van der Waals surface area contributed by atoms with Crippen LogP contribution in [-0.4, -0.2) is 67.6 Å². The molecule has 0 saturated carbocycles. The molecule has 0 aromatic heterocycles. The number of nitrogens with one attached hydrogen (secondary N) is 1. The first-order valence-electron chi connectivity index (χ1n) is 5.61. The molecule has 0 radical (unpaired) electrons. The summed E-state index contributed by atoms with van der Waals surface area (Å²) in [5.74, 6) is -0.440. The molecule has 1 saturated heterocycles. The summed E-state index contributed by atoms with van der Waals surface area (Å²) in [5, 5.41) is 3.12. The van der Waals surface area contributed by atoms with Crippen LogP contribution < -0.4 is 16.8 Å². The number of hydrogen-bond acceptors (Lipinski definition) is 4. The molecule has 0 spiro atoms. The SMILES string of the molecule is CN(C)CCC1(C(N)=O)CN(C(N)=O)CCN1. The van der Waals surface area contributed by atoms with E-state index in [1.54, 1.807) is 0 Å². The van der Waals surface area contributed by atoms with E-state index in [9.17, 15) is 9.59 Å². The van der Waals surface area contributed by atoms with Crippen molar-refractivity contribution in [3.8, 4) is 0 Å². The Balaban J connectivity index is 2.76. The molecule has 98 valence electrons. The maximum atomic E-state index is 11.6. The van der Waals surface area contributed by atoms with E-state index in [2.05, 4.69) is 5.32 Å². The Labute approximate surface area is 101 Å². The van der Waals surface area contributed by atoms with E-state index in [0.717, 1.165) is 0 Å². The van der Waals surface area contributed by atoms with E-state index >= 15 is 0 Å². The maximum Gasteiger partial charge on any atom is 0.314 e. The molecule has 7 nitrogen and oxygen atoms in total. The topological polar surface area (TPSA) is 105 Å². The van der Waals surface area contributed by atoms with Gasteiger partial charge in [-0.25, -0.2) is 4.79 Å². The highest BCUT2D eigenvalue weighted by atomic mass is 16.2. The summed E-state index contributed by atoms with van der Waals surface area (Å²) in [6, 6.07) is -0.512. The summed E-state index contributed by atoms with van der Waals surface area (Å²) < 4.78 is 0. The molecule has 1 atom stereocenters. The van der Waals surface area contributed by atoms with Crippen LogP contribution in [0, 0.1) is 0 Å². The first-order chi connectivity index (χ1) is 7.87. The highest BCUT2D eigenvalue weighted by Crippen LogP contribution is 2.16. The van der Waals surface area contributed by atoms with Crippen molar-refractivity contribution in [1.29, 1.82) is 0 Å². The zero-order valence-electron chi connectivity index (χ0n) is 10.4. The van der Waals surface area contributed by atoms with Crippen molar-refractivity contribution in [2.24, 2.45) is 11.5 Å². The molecule has 1 unspecified atom stereocenters. The van der Waals surface area contributed by atoms with Crippen LogP contribution in [-0.2, 0) is 4.79 Å². The van der Waals surface area contributed by atoms with Crippen molar-refractivity contribution in [2.45, 2.75) is 12.0 Å². The first-order valence-corrected chi connectivity index (χ1v) is 5.61. The number of rotatable bonds is 4. The Morgan fingerprint density at radius 2 is 2.06 bits per heavy atom. The number of primary amides is 2. The molecule has 0 aliphatic carbocycles. The number of nitrogens with zero attached hydrogens (tertiary/aromatic N) is 2. The van der Waals surface area contributed by atoms with Gasteiger partial charge in [-0.2, -0.15) is 0 Å². The number of urea groups is 1. The lowest BCUT2D eigenvalue weighted by Gasteiger charge is -2.41. The van der Waals surface area contributed by atoms with Gasteiger partial charge >= 0.3 is 6.03 Å².